The molecule has 8 heteroatoms. The molecule has 170 valence electrons. The van der Waals surface area contributed by atoms with Gasteiger partial charge in [0.1, 0.15) is 5.52 Å². The minimum absolute atomic E-state index is 0.297. The quantitative estimate of drug-likeness (QED) is 0.562. The molecule has 1 saturated heterocycles. The van der Waals surface area contributed by atoms with Gasteiger partial charge in [0.25, 0.3) is 0 Å². The molecule has 8 nitrogen and oxygen atoms in total. The topological polar surface area (TPSA) is 87.0 Å². The fraction of sp³-hybridized carbons (Fsp3) is 0.500. The summed E-state index contributed by atoms with van der Waals surface area (Å²) in [6, 6.07) is 10.7. The van der Waals surface area contributed by atoms with E-state index >= 15 is 0 Å². The lowest BCUT2D eigenvalue weighted by atomic mass is 9.84. The molecule has 0 bridgehead atoms. The zero-order chi connectivity index (χ0) is 22.1. The molecule has 0 spiro atoms. The van der Waals surface area contributed by atoms with E-state index in [9.17, 15) is 5.11 Å². The maximum atomic E-state index is 10.3. The number of anilines is 4. The summed E-state index contributed by atoms with van der Waals surface area (Å²) in [5, 5.41) is 21.9. The average Bonchev–Trinajstić information content (AvgIpc) is 3.26. The van der Waals surface area contributed by atoms with Gasteiger partial charge in [-0.15, -0.1) is 5.10 Å². The fourth-order valence-electron chi connectivity index (χ4n) is 4.60. The van der Waals surface area contributed by atoms with Gasteiger partial charge in [0.2, 0.25) is 5.95 Å². The molecular formula is C24H32N6O2. The third kappa shape index (κ3) is 4.52. The van der Waals surface area contributed by atoms with Crippen molar-refractivity contribution in [3.05, 3.63) is 42.1 Å². The van der Waals surface area contributed by atoms with Crippen LogP contribution in [0, 0.1) is 6.92 Å². The zero-order valence-corrected chi connectivity index (χ0v) is 18.8. The molecule has 5 rings (SSSR count). The molecule has 0 unspecified atom stereocenters. The van der Waals surface area contributed by atoms with E-state index in [2.05, 4.69) is 45.8 Å². The van der Waals surface area contributed by atoms with Gasteiger partial charge in [0, 0.05) is 36.7 Å². The number of rotatable bonds is 5. The Morgan fingerprint density at radius 3 is 2.69 bits per heavy atom. The number of fused-ring (bicyclic) bond motifs is 1. The number of hydrogen-bond donors (Lipinski definition) is 3. The third-order valence-corrected chi connectivity index (χ3v) is 6.63. The van der Waals surface area contributed by atoms with Crippen LogP contribution in [0.1, 0.15) is 38.2 Å². The number of hydrogen-bond acceptors (Lipinski definition) is 7. The van der Waals surface area contributed by atoms with Crippen molar-refractivity contribution in [3.8, 4) is 0 Å². The van der Waals surface area contributed by atoms with E-state index in [-0.39, 0.29) is 0 Å². The van der Waals surface area contributed by atoms with Crippen LogP contribution in [0.25, 0.3) is 5.52 Å². The molecule has 32 heavy (non-hydrogen) atoms. The maximum absolute atomic E-state index is 10.3. The highest BCUT2D eigenvalue weighted by Crippen LogP contribution is 2.31. The van der Waals surface area contributed by atoms with E-state index in [0.29, 0.717) is 12.0 Å². The minimum Gasteiger partial charge on any atom is -0.390 e. The molecule has 2 aromatic heterocycles. The van der Waals surface area contributed by atoms with Gasteiger partial charge < -0.3 is 25.4 Å². The Kier molecular flexibility index (Phi) is 5.65. The first kappa shape index (κ1) is 21.0. The molecule has 0 radical (unpaired) electrons. The lowest BCUT2D eigenvalue weighted by molar-refractivity contribution is 0.0196. The van der Waals surface area contributed by atoms with E-state index in [1.54, 1.807) is 0 Å². The van der Waals surface area contributed by atoms with Gasteiger partial charge in [-0.25, -0.2) is 4.52 Å². The molecule has 3 aromatic rings. The molecule has 1 saturated carbocycles. The van der Waals surface area contributed by atoms with E-state index in [1.807, 2.05) is 29.8 Å². The number of aromatic nitrogens is 3. The summed E-state index contributed by atoms with van der Waals surface area (Å²) in [6.45, 7) is 7.42. The fourth-order valence-corrected chi connectivity index (χ4v) is 4.60. The second kappa shape index (κ2) is 8.60. The van der Waals surface area contributed by atoms with Crippen LogP contribution in [0.15, 0.2) is 36.5 Å². The van der Waals surface area contributed by atoms with Crippen molar-refractivity contribution in [1.29, 1.82) is 0 Å². The Hall–Kier alpha value is -2.84. The number of ether oxygens (including phenoxy) is 1. The van der Waals surface area contributed by atoms with Crippen molar-refractivity contribution in [2.45, 2.75) is 51.2 Å². The largest absolute Gasteiger partial charge is 0.390 e. The predicted molar refractivity (Wildman–Crippen MR) is 127 cm³/mol. The van der Waals surface area contributed by atoms with E-state index in [0.717, 1.165) is 74.6 Å². The highest BCUT2D eigenvalue weighted by molar-refractivity contribution is 5.71. The van der Waals surface area contributed by atoms with Crippen LogP contribution >= 0.6 is 0 Å². The standard InChI is InChI=1S/C24H32N6O2/c1-17-16-19(29-12-14-32-15-13-29)5-6-20(17)26-23-27-22(21-4-3-11-30(21)28-23)25-18-7-9-24(2,31)10-8-18/h3-6,11,16,18,31H,7-10,12-15H2,1-2H3,(H2,25,26,27,28)/t18-,24-. The van der Waals surface area contributed by atoms with E-state index < -0.39 is 5.60 Å². The number of aryl methyl sites for hydroxylation is 1. The molecule has 1 aromatic carbocycles. The Bertz CT molecular complexity index is 1080. The first-order valence-electron chi connectivity index (χ1n) is 11.5. The maximum Gasteiger partial charge on any atom is 0.247 e. The molecule has 0 amide bonds. The van der Waals surface area contributed by atoms with Crippen molar-refractivity contribution >= 4 is 28.7 Å². The molecule has 1 aliphatic carbocycles. The first-order chi connectivity index (χ1) is 15.5. The van der Waals surface area contributed by atoms with Gasteiger partial charge in [0.05, 0.1) is 18.8 Å². The van der Waals surface area contributed by atoms with E-state index in [1.165, 1.54) is 5.69 Å². The number of nitrogens with zero attached hydrogens (tertiary/aromatic N) is 4. The van der Waals surface area contributed by atoms with Gasteiger partial charge in [-0.3, -0.25) is 0 Å². The third-order valence-electron chi connectivity index (χ3n) is 6.63. The summed E-state index contributed by atoms with van der Waals surface area (Å²) in [4.78, 5) is 7.16. The predicted octanol–water partition coefficient (Wildman–Crippen LogP) is 3.72. The van der Waals surface area contributed by atoms with Crippen LogP contribution in [-0.2, 0) is 4.74 Å². The Balaban J connectivity index is 1.35. The van der Waals surface area contributed by atoms with Crippen molar-refractivity contribution in [3.63, 3.8) is 0 Å². The SMILES string of the molecule is Cc1cc(N2CCOCC2)ccc1Nc1nc(N[C@H]2CC[C@](C)(O)CC2)c2cccn2n1. The Labute approximate surface area is 188 Å². The van der Waals surface area contributed by atoms with Gasteiger partial charge in [0.15, 0.2) is 5.82 Å². The Morgan fingerprint density at radius 1 is 1.16 bits per heavy atom. The summed E-state index contributed by atoms with van der Waals surface area (Å²) >= 11 is 0. The lowest BCUT2D eigenvalue weighted by Gasteiger charge is -2.33. The number of morpholine rings is 1. The average molecular weight is 437 g/mol. The first-order valence-corrected chi connectivity index (χ1v) is 11.5. The summed E-state index contributed by atoms with van der Waals surface area (Å²) in [6.07, 6.45) is 5.39. The molecule has 3 N–H and O–H groups in total. The van der Waals surface area contributed by atoms with Gasteiger partial charge in [-0.1, -0.05) is 0 Å². The normalized spacial score (nSPS) is 24.0. The molecule has 0 atom stereocenters. The van der Waals surface area contributed by atoms with Gasteiger partial charge in [-0.2, -0.15) is 4.98 Å². The minimum atomic E-state index is -0.550. The summed E-state index contributed by atoms with van der Waals surface area (Å²) in [7, 11) is 0. The van der Waals surface area contributed by atoms with Gasteiger partial charge >= 0.3 is 0 Å². The van der Waals surface area contributed by atoms with Crippen molar-refractivity contribution in [1.82, 2.24) is 14.6 Å². The number of aliphatic hydroxyl groups is 1. The Morgan fingerprint density at radius 2 is 1.94 bits per heavy atom. The molecule has 1 aliphatic heterocycles. The molecule has 2 aliphatic rings. The van der Waals surface area contributed by atoms with Crippen molar-refractivity contribution in [2.24, 2.45) is 0 Å². The van der Waals surface area contributed by atoms with Crippen LogP contribution in [-0.4, -0.2) is 57.7 Å². The highest BCUT2D eigenvalue weighted by atomic mass is 16.5. The molecule has 2 fully saturated rings. The second-order valence-electron chi connectivity index (χ2n) is 9.26. The highest BCUT2D eigenvalue weighted by Gasteiger charge is 2.29. The van der Waals surface area contributed by atoms with Crippen LogP contribution in [0.3, 0.4) is 0 Å². The summed E-state index contributed by atoms with van der Waals surface area (Å²) < 4.78 is 7.32. The number of nitrogens with one attached hydrogen (secondary N) is 2. The monoisotopic (exact) mass is 436 g/mol. The zero-order valence-electron chi connectivity index (χ0n) is 18.8. The lowest BCUT2D eigenvalue weighted by Crippen LogP contribution is -2.36. The number of benzene rings is 1. The summed E-state index contributed by atoms with van der Waals surface area (Å²) in [5.41, 5.74) is 3.76. The summed E-state index contributed by atoms with van der Waals surface area (Å²) in [5.74, 6) is 1.38. The van der Waals surface area contributed by atoms with Crippen LogP contribution in [0.5, 0.6) is 0 Å². The second-order valence-corrected chi connectivity index (χ2v) is 9.26. The van der Waals surface area contributed by atoms with Crippen LogP contribution in [0.2, 0.25) is 0 Å². The van der Waals surface area contributed by atoms with Crippen LogP contribution < -0.4 is 15.5 Å². The van der Waals surface area contributed by atoms with Crippen molar-refractivity contribution < 1.29 is 9.84 Å². The van der Waals surface area contributed by atoms with Gasteiger partial charge in [-0.05, 0) is 75.4 Å². The van der Waals surface area contributed by atoms with E-state index in [4.69, 9.17) is 9.72 Å². The van der Waals surface area contributed by atoms with Crippen LogP contribution in [0.4, 0.5) is 23.1 Å². The van der Waals surface area contributed by atoms with Crippen molar-refractivity contribution in [2.75, 3.05) is 41.8 Å². The molecular weight excluding hydrogens is 404 g/mol. The smallest absolute Gasteiger partial charge is 0.247 e. The molecule has 3 heterocycles.